The van der Waals surface area contributed by atoms with Gasteiger partial charge >= 0.3 is 0 Å². The Hall–Kier alpha value is -1.79. The van der Waals surface area contributed by atoms with Gasteiger partial charge in [-0.25, -0.2) is 0 Å². The van der Waals surface area contributed by atoms with Crippen molar-refractivity contribution in [1.82, 2.24) is 10.2 Å². The molecule has 2 aliphatic rings. The number of rotatable bonds is 5. The molecular formula is C20H30ClN3O3. The van der Waals surface area contributed by atoms with Crippen molar-refractivity contribution in [3.63, 3.8) is 0 Å². The molecule has 2 amide bonds. The van der Waals surface area contributed by atoms with Gasteiger partial charge in [-0.1, -0.05) is 25.0 Å². The summed E-state index contributed by atoms with van der Waals surface area (Å²) in [4.78, 5) is 26.9. The van der Waals surface area contributed by atoms with Gasteiger partial charge in [0.05, 0.1) is 12.6 Å². The van der Waals surface area contributed by atoms with Crippen LogP contribution in [0.4, 0.5) is 0 Å². The average Bonchev–Trinajstić information content (AvgIpc) is 3.14. The number of amides is 2. The van der Waals surface area contributed by atoms with E-state index in [4.69, 9.17) is 10.5 Å². The molecule has 1 saturated carbocycles. The summed E-state index contributed by atoms with van der Waals surface area (Å²) in [5, 5.41) is 3.00. The van der Waals surface area contributed by atoms with Gasteiger partial charge in [0.2, 0.25) is 11.8 Å². The van der Waals surface area contributed by atoms with E-state index in [0.29, 0.717) is 32.5 Å². The zero-order chi connectivity index (χ0) is 18.6. The van der Waals surface area contributed by atoms with E-state index in [0.717, 1.165) is 37.0 Å². The van der Waals surface area contributed by atoms with Gasteiger partial charge in [0, 0.05) is 25.6 Å². The molecule has 1 aliphatic carbocycles. The highest BCUT2D eigenvalue weighted by molar-refractivity contribution is 5.87. The SMILES string of the molecule is COc1ccc(CNC(=O)C2CCN(C(=O)C3(N)CCCC3)CC2)cc1.Cl. The molecule has 0 radical (unpaired) electrons. The highest BCUT2D eigenvalue weighted by Gasteiger charge is 2.41. The van der Waals surface area contributed by atoms with E-state index < -0.39 is 5.54 Å². The zero-order valence-corrected chi connectivity index (χ0v) is 16.7. The second-order valence-electron chi connectivity index (χ2n) is 7.50. The monoisotopic (exact) mass is 395 g/mol. The number of methoxy groups -OCH3 is 1. The molecule has 3 rings (SSSR count). The lowest BCUT2D eigenvalue weighted by molar-refractivity contribution is -0.140. The van der Waals surface area contributed by atoms with Gasteiger partial charge in [0.1, 0.15) is 5.75 Å². The van der Waals surface area contributed by atoms with Crippen molar-refractivity contribution in [1.29, 1.82) is 0 Å². The summed E-state index contributed by atoms with van der Waals surface area (Å²) in [5.41, 5.74) is 6.66. The highest BCUT2D eigenvalue weighted by atomic mass is 35.5. The molecular weight excluding hydrogens is 366 g/mol. The third kappa shape index (κ3) is 5.14. The minimum Gasteiger partial charge on any atom is -0.497 e. The molecule has 0 spiro atoms. The summed E-state index contributed by atoms with van der Waals surface area (Å²) in [6.45, 7) is 1.75. The second-order valence-corrected chi connectivity index (χ2v) is 7.50. The van der Waals surface area contributed by atoms with Crippen molar-refractivity contribution in [2.24, 2.45) is 11.7 Å². The number of halogens is 1. The first-order valence-electron chi connectivity index (χ1n) is 9.51. The number of hydrogen-bond acceptors (Lipinski definition) is 4. The highest BCUT2D eigenvalue weighted by Crippen LogP contribution is 2.30. The molecule has 6 nitrogen and oxygen atoms in total. The van der Waals surface area contributed by atoms with Crippen LogP contribution < -0.4 is 15.8 Å². The van der Waals surface area contributed by atoms with E-state index in [1.807, 2.05) is 29.2 Å². The number of carbonyl (C=O) groups excluding carboxylic acids is 2. The van der Waals surface area contributed by atoms with E-state index in [1.165, 1.54) is 0 Å². The number of carbonyl (C=O) groups is 2. The summed E-state index contributed by atoms with van der Waals surface area (Å²) in [6.07, 6.45) is 5.05. The average molecular weight is 396 g/mol. The van der Waals surface area contributed by atoms with Gasteiger partial charge in [-0.2, -0.15) is 0 Å². The molecule has 27 heavy (non-hydrogen) atoms. The van der Waals surface area contributed by atoms with Crippen molar-refractivity contribution in [3.05, 3.63) is 29.8 Å². The molecule has 0 unspecified atom stereocenters. The summed E-state index contributed by atoms with van der Waals surface area (Å²) < 4.78 is 5.13. The Labute approximate surface area is 167 Å². The maximum absolute atomic E-state index is 12.7. The molecule has 150 valence electrons. The zero-order valence-electron chi connectivity index (χ0n) is 15.9. The summed E-state index contributed by atoms with van der Waals surface area (Å²) in [7, 11) is 1.63. The minimum atomic E-state index is -0.663. The molecule has 1 aromatic carbocycles. The smallest absolute Gasteiger partial charge is 0.242 e. The molecule has 2 fully saturated rings. The summed E-state index contributed by atoms with van der Waals surface area (Å²) >= 11 is 0. The van der Waals surface area contributed by atoms with Crippen molar-refractivity contribution < 1.29 is 14.3 Å². The Morgan fingerprint density at radius 1 is 1.19 bits per heavy atom. The number of likely N-dealkylation sites (tertiary alicyclic amines) is 1. The van der Waals surface area contributed by atoms with Gasteiger partial charge in [-0.3, -0.25) is 9.59 Å². The van der Waals surface area contributed by atoms with Gasteiger partial charge in [-0.15, -0.1) is 12.4 Å². The lowest BCUT2D eigenvalue weighted by Crippen LogP contribution is -2.55. The van der Waals surface area contributed by atoms with Crippen molar-refractivity contribution in [2.45, 2.75) is 50.6 Å². The lowest BCUT2D eigenvalue weighted by Gasteiger charge is -2.36. The normalized spacial score (nSPS) is 19.3. The molecule has 0 atom stereocenters. The number of ether oxygens (including phenoxy) is 1. The first-order chi connectivity index (χ1) is 12.5. The second kappa shape index (κ2) is 9.42. The number of piperidine rings is 1. The fraction of sp³-hybridized carbons (Fsp3) is 0.600. The molecule has 7 heteroatoms. The van der Waals surface area contributed by atoms with E-state index in [9.17, 15) is 9.59 Å². The maximum Gasteiger partial charge on any atom is 0.242 e. The fourth-order valence-electron chi connectivity index (χ4n) is 3.96. The Bertz CT molecular complexity index is 636. The van der Waals surface area contributed by atoms with Gasteiger partial charge < -0.3 is 20.7 Å². The van der Waals surface area contributed by atoms with E-state index >= 15 is 0 Å². The number of benzene rings is 1. The summed E-state index contributed by atoms with van der Waals surface area (Å²) in [6, 6.07) is 7.67. The van der Waals surface area contributed by atoms with Crippen molar-refractivity contribution in [3.8, 4) is 5.75 Å². The Balaban J connectivity index is 0.00000261. The molecule has 1 heterocycles. The summed E-state index contributed by atoms with van der Waals surface area (Å²) in [5.74, 6) is 0.912. The quantitative estimate of drug-likeness (QED) is 0.800. The predicted octanol–water partition coefficient (Wildman–Crippen LogP) is 2.24. The molecule has 1 aromatic rings. The topological polar surface area (TPSA) is 84.7 Å². The van der Waals surface area contributed by atoms with E-state index in [-0.39, 0.29) is 30.1 Å². The molecule has 1 aliphatic heterocycles. The predicted molar refractivity (Wildman–Crippen MR) is 107 cm³/mol. The molecule has 0 aromatic heterocycles. The molecule has 1 saturated heterocycles. The van der Waals surface area contributed by atoms with Gasteiger partial charge in [0.15, 0.2) is 0 Å². The van der Waals surface area contributed by atoms with Crippen LogP contribution in [-0.4, -0.2) is 42.5 Å². The number of nitrogens with zero attached hydrogens (tertiary/aromatic N) is 1. The Kier molecular flexibility index (Phi) is 7.50. The fourth-order valence-corrected chi connectivity index (χ4v) is 3.96. The largest absolute Gasteiger partial charge is 0.497 e. The third-order valence-corrected chi connectivity index (χ3v) is 5.70. The first-order valence-corrected chi connectivity index (χ1v) is 9.51. The van der Waals surface area contributed by atoms with Crippen LogP contribution in [-0.2, 0) is 16.1 Å². The van der Waals surface area contributed by atoms with Crippen LogP contribution in [0.5, 0.6) is 5.75 Å². The van der Waals surface area contributed by atoms with Crippen LogP contribution in [0.1, 0.15) is 44.1 Å². The molecule has 3 N–H and O–H groups in total. The van der Waals surface area contributed by atoms with Crippen molar-refractivity contribution in [2.75, 3.05) is 20.2 Å². The van der Waals surface area contributed by atoms with Gasteiger partial charge in [-0.05, 0) is 43.4 Å². The van der Waals surface area contributed by atoms with E-state index in [1.54, 1.807) is 7.11 Å². The van der Waals surface area contributed by atoms with Crippen LogP contribution in [0.15, 0.2) is 24.3 Å². The lowest BCUT2D eigenvalue weighted by atomic mass is 9.92. The number of nitrogens with two attached hydrogens (primary N) is 1. The van der Waals surface area contributed by atoms with Gasteiger partial charge in [0.25, 0.3) is 0 Å². The van der Waals surface area contributed by atoms with Crippen LogP contribution in [0, 0.1) is 5.92 Å². The number of hydrogen-bond donors (Lipinski definition) is 2. The standard InChI is InChI=1S/C20H29N3O3.ClH/c1-26-17-6-4-15(5-7-17)14-22-18(24)16-8-12-23(13-9-16)19(25)20(21)10-2-3-11-20;/h4-7,16H,2-3,8-14,21H2,1H3,(H,22,24);1H. The third-order valence-electron chi connectivity index (χ3n) is 5.70. The Morgan fingerprint density at radius 2 is 1.78 bits per heavy atom. The minimum absolute atomic E-state index is 0. The van der Waals surface area contributed by atoms with Crippen molar-refractivity contribution >= 4 is 24.2 Å². The maximum atomic E-state index is 12.7. The Morgan fingerprint density at radius 3 is 2.33 bits per heavy atom. The van der Waals surface area contributed by atoms with Crippen LogP contribution in [0.25, 0.3) is 0 Å². The van der Waals surface area contributed by atoms with Crippen LogP contribution in [0.3, 0.4) is 0 Å². The molecule has 0 bridgehead atoms. The van der Waals surface area contributed by atoms with E-state index in [2.05, 4.69) is 5.32 Å². The van der Waals surface area contributed by atoms with Crippen LogP contribution >= 0.6 is 12.4 Å². The first kappa shape index (κ1) is 21.5. The number of nitrogens with one attached hydrogen (secondary N) is 1. The van der Waals surface area contributed by atoms with Crippen LogP contribution in [0.2, 0.25) is 0 Å².